The molecule has 0 spiro atoms. The van der Waals surface area contributed by atoms with Crippen LogP contribution in [-0.2, 0) is 0 Å². The summed E-state index contributed by atoms with van der Waals surface area (Å²) in [5, 5.41) is 5.44. The number of nitrogens with one attached hydrogen (secondary N) is 1. The number of anilines is 1. The number of rotatable bonds is 6. The van der Waals surface area contributed by atoms with Crippen molar-refractivity contribution >= 4 is 37.7 Å². The number of nitrogens with zero attached hydrogens (tertiary/aromatic N) is 3. The van der Waals surface area contributed by atoms with Crippen molar-refractivity contribution in [2.75, 3.05) is 12.4 Å². The van der Waals surface area contributed by atoms with Crippen LogP contribution in [0.5, 0.6) is 5.88 Å². The van der Waals surface area contributed by atoms with Gasteiger partial charge in [-0.15, -0.1) is 0 Å². The van der Waals surface area contributed by atoms with E-state index in [0.29, 0.717) is 23.8 Å². The largest absolute Gasteiger partial charge is 0.481 e. The Morgan fingerprint density at radius 3 is 2.72 bits per heavy atom. The van der Waals surface area contributed by atoms with Gasteiger partial charge in [-0.2, -0.15) is 0 Å². The lowest BCUT2D eigenvalue weighted by Crippen LogP contribution is -2.22. The molecule has 5 nitrogen and oxygen atoms in total. The first-order valence-electron chi connectivity index (χ1n) is 11.2. The molecule has 3 aromatic heterocycles. The molecule has 1 saturated carbocycles. The molecule has 0 bridgehead atoms. The molecule has 166 valence electrons. The summed E-state index contributed by atoms with van der Waals surface area (Å²) in [6.45, 7) is 2.23. The topological polar surface area (TPSA) is 59.9 Å². The molecule has 1 fully saturated rings. The Labute approximate surface area is 191 Å². The molecule has 3 heterocycles. The number of aromatic nitrogens is 3. The summed E-state index contributed by atoms with van der Waals surface area (Å²) in [6.07, 6.45) is 7.62. The SMILES string of the molecule is COc1ccc2nc(NC(C)C[C@H]3CC[C@@H](c4ccnc5ccc(F)cc54)CC3)sc2n1. The second-order valence-electron chi connectivity index (χ2n) is 8.76. The van der Waals surface area contributed by atoms with Crippen molar-refractivity contribution in [3.63, 3.8) is 0 Å². The summed E-state index contributed by atoms with van der Waals surface area (Å²) in [5.74, 6) is 1.59. The van der Waals surface area contributed by atoms with Crippen LogP contribution in [0.2, 0.25) is 0 Å². The Morgan fingerprint density at radius 1 is 1.09 bits per heavy atom. The van der Waals surface area contributed by atoms with E-state index in [1.165, 1.54) is 24.5 Å². The summed E-state index contributed by atoms with van der Waals surface area (Å²) in [4.78, 5) is 14.4. The lowest BCUT2D eigenvalue weighted by Gasteiger charge is -2.31. The highest BCUT2D eigenvalue weighted by Crippen LogP contribution is 2.40. The molecule has 0 saturated heterocycles. The first-order valence-corrected chi connectivity index (χ1v) is 12.0. The molecule has 1 aromatic carbocycles. The molecule has 1 aliphatic rings. The molecule has 5 rings (SSSR count). The van der Waals surface area contributed by atoms with Crippen molar-refractivity contribution in [2.45, 2.75) is 51.0 Å². The van der Waals surface area contributed by atoms with E-state index in [2.05, 4.69) is 33.3 Å². The van der Waals surface area contributed by atoms with Crippen LogP contribution in [0.25, 0.3) is 21.3 Å². The average molecular weight is 451 g/mol. The Bertz CT molecular complexity index is 1240. The van der Waals surface area contributed by atoms with Gasteiger partial charge in [0.05, 0.1) is 12.6 Å². The van der Waals surface area contributed by atoms with Gasteiger partial charge in [-0.25, -0.2) is 14.4 Å². The van der Waals surface area contributed by atoms with Crippen molar-refractivity contribution < 1.29 is 9.13 Å². The predicted molar refractivity (Wildman–Crippen MR) is 128 cm³/mol. The third kappa shape index (κ3) is 4.39. The van der Waals surface area contributed by atoms with Gasteiger partial charge in [0.15, 0.2) is 5.13 Å². The molecule has 1 aliphatic carbocycles. The molecule has 0 radical (unpaired) electrons. The third-order valence-electron chi connectivity index (χ3n) is 6.52. The van der Waals surface area contributed by atoms with E-state index < -0.39 is 0 Å². The number of pyridine rings is 2. The Balaban J connectivity index is 1.19. The summed E-state index contributed by atoms with van der Waals surface area (Å²) in [7, 11) is 1.63. The van der Waals surface area contributed by atoms with Gasteiger partial charge < -0.3 is 10.1 Å². The van der Waals surface area contributed by atoms with Crippen molar-refractivity contribution in [1.82, 2.24) is 15.0 Å². The van der Waals surface area contributed by atoms with Gasteiger partial charge in [0.1, 0.15) is 16.2 Å². The summed E-state index contributed by atoms with van der Waals surface area (Å²) in [6, 6.07) is 11.1. The highest BCUT2D eigenvalue weighted by molar-refractivity contribution is 7.21. The van der Waals surface area contributed by atoms with E-state index in [4.69, 9.17) is 4.74 Å². The fraction of sp³-hybridized carbons (Fsp3) is 0.400. The van der Waals surface area contributed by atoms with Crippen molar-refractivity contribution in [1.29, 1.82) is 0 Å². The highest BCUT2D eigenvalue weighted by atomic mass is 32.1. The number of halogens is 1. The van der Waals surface area contributed by atoms with Crippen LogP contribution in [0.4, 0.5) is 9.52 Å². The number of fused-ring (bicyclic) bond motifs is 2. The fourth-order valence-corrected chi connectivity index (χ4v) is 5.89. The van der Waals surface area contributed by atoms with Gasteiger partial charge in [-0.3, -0.25) is 4.98 Å². The minimum atomic E-state index is -0.191. The summed E-state index contributed by atoms with van der Waals surface area (Å²) >= 11 is 1.57. The summed E-state index contributed by atoms with van der Waals surface area (Å²) in [5.41, 5.74) is 3.02. The van der Waals surface area contributed by atoms with Gasteiger partial charge in [0.2, 0.25) is 5.88 Å². The maximum absolute atomic E-state index is 13.8. The number of hydrogen-bond acceptors (Lipinski definition) is 6. The first kappa shape index (κ1) is 21.1. The standard InChI is InChI=1S/C25H27FN4OS/c1-15(28-25-29-22-9-10-23(31-2)30-24(22)32-25)13-16-3-5-17(6-4-16)19-11-12-27-21-8-7-18(26)14-20(19)21/h7-12,14-17H,3-6,13H2,1-2H3,(H,28,29)/t15?,16-,17+. The van der Waals surface area contributed by atoms with Crippen molar-refractivity contribution in [3.8, 4) is 5.88 Å². The smallest absolute Gasteiger partial charge is 0.214 e. The highest BCUT2D eigenvalue weighted by Gasteiger charge is 2.25. The van der Waals surface area contributed by atoms with E-state index in [9.17, 15) is 4.39 Å². The van der Waals surface area contributed by atoms with Gasteiger partial charge in [0, 0.05) is 23.7 Å². The van der Waals surface area contributed by atoms with E-state index >= 15 is 0 Å². The molecular formula is C25H27FN4OS. The molecule has 32 heavy (non-hydrogen) atoms. The maximum Gasteiger partial charge on any atom is 0.214 e. The van der Waals surface area contributed by atoms with Crippen molar-refractivity contribution in [3.05, 3.63) is 54.0 Å². The molecule has 4 aromatic rings. The van der Waals surface area contributed by atoms with Crippen LogP contribution >= 0.6 is 11.3 Å². The van der Waals surface area contributed by atoms with Crippen LogP contribution in [0, 0.1) is 11.7 Å². The quantitative estimate of drug-likeness (QED) is 0.361. The normalized spacial score (nSPS) is 19.8. The van der Waals surface area contributed by atoms with Crippen LogP contribution in [0.1, 0.15) is 50.5 Å². The number of thiazole rings is 1. The number of ether oxygens (including phenoxy) is 1. The molecule has 1 N–H and O–H groups in total. The minimum Gasteiger partial charge on any atom is -0.481 e. The number of hydrogen-bond donors (Lipinski definition) is 1. The number of benzene rings is 1. The lowest BCUT2D eigenvalue weighted by atomic mass is 9.76. The van der Waals surface area contributed by atoms with Crippen LogP contribution in [0.15, 0.2) is 42.6 Å². The average Bonchev–Trinajstić information content (AvgIpc) is 3.20. The van der Waals surface area contributed by atoms with E-state index in [1.54, 1.807) is 30.6 Å². The Morgan fingerprint density at radius 2 is 1.91 bits per heavy atom. The van der Waals surface area contributed by atoms with E-state index in [-0.39, 0.29) is 5.82 Å². The van der Waals surface area contributed by atoms with Crippen LogP contribution < -0.4 is 10.1 Å². The molecular weight excluding hydrogens is 423 g/mol. The van der Waals surface area contributed by atoms with Crippen LogP contribution in [-0.4, -0.2) is 28.1 Å². The molecule has 1 atom stereocenters. The van der Waals surface area contributed by atoms with Gasteiger partial charge >= 0.3 is 0 Å². The monoisotopic (exact) mass is 450 g/mol. The zero-order valence-electron chi connectivity index (χ0n) is 18.3. The minimum absolute atomic E-state index is 0.191. The van der Waals surface area contributed by atoms with Gasteiger partial charge in [-0.05, 0) is 86.8 Å². The van der Waals surface area contributed by atoms with E-state index in [0.717, 1.165) is 45.6 Å². The van der Waals surface area contributed by atoms with E-state index in [1.807, 2.05) is 18.3 Å². The van der Waals surface area contributed by atoms with Crippen molar-refractivity contribution in [2.24, 2.45) is 5.92 Å². The molecule has 1 unspecified atom stereocenters. The Kier molecular flexibility index (Phi) is 5.91. The summed E-state index contributed by atoms with van der Waals surface area (Å²) < 4.78 is 19.0. The Hall–Kier alpha value is -2.80. The first-order chi connectivity index (χ1) is 15.6. The van der Waals surface area contributed by atoms with Gasteiger partial charge in [-0.1, -0.05) is 11.3 Å². The third-order valence-corrected chi connectivity index (χ3v) is 7.42. The molecule has 0 aliphatic heterocycles. The fourth-order valence-electron chi connectivity index (χ4n) is 4.95. The molecule has 7 heteroatoms. The van der Waals surface area contributed by atoms with Crippen LogP contribution in [0.3, 0.4) is 0 Å². The second kappa shape index (κ2) is 8.98. The predicted octanol–water partition coefficient (Wildman–Crippen LogP) is 6.55. The number of methoxy groups -OCH3 is 1. The van der Waals surface area contributed by atoms with Gasteiger partial charge in [0.25, 0.3) is 0 Å². The maximum atomic E-state index is 13.8. The lowest BCUT2D eigenvalue weighted by molar-refractivity contribution is 0.302. The molecule has 0 amide bonds. The zero-order valence-corrected chi connectivity index (χ0v) is 19.2. The second-order valence-corrected chi connectivity index (χ2v) is 9.73. The zero-order chi connectivity index (χ0) is 22.1.